The lowest BCUT2D eigenvalue weighted by molar-refractivity contribution is -0.131. The van der Waals surface area contributed by atoms with E-state index in [1.165, 1.54) is 0 Å². The molecule has 3 aromatic rings. The third-order valence-corrected chi connectivity index (χ3v) is 4.18. The van der Waals surface area contributed by atoms with E-state index in [0.29, 0.717) is 23.5 Å². The van der Waals surface area contributed by atoms with Crippen LogP contribution in [0.2, 0.25) is 0 Å². The maximum absolute atomic E-state index is 11.9. The lowest BCUT2D eigenvalue weighted by Gasteiger charge is -2.05. The van der Waals surface area contributed by atoms with Crippen molar-refractivity contribution in [1.82, 2.24) is 10.2 Å². The van der Waals surface area contributed by atoms with Crippen molar-refractivity contribution < 1.29 is 18.7 Å². The highest BCUT2D eigenvalue weighted by Crippen LogP contribution is 2.24. The van der Waals surface area contributed by atoms with Gasteiger partial charge in [0.05, 0.1) is 6.61 Å². The Labute approximate surface area is 155 Å². The van der Waals surface area contributed by atoms with Gasteiger partial charge >= 0.3 is 5.97 Å². The van der Waals surface area contributed by atoms with Crippen molar-refractivity contribution in [2.45, 2.75) is 19.1 Å². The summed E-state index contributed by atoms with van der Waals surface area (Å²) in [5.74, 6) is 1.30. The molecule has 0 bridgehead atoms. The maximum Gasteiger partial charge on any atom is 0.321 e. The largest absolute Gasteiger partial charge is 0.494 e. The van der Waals surface area contributed by atoms with Gasteiger partial charge in [0, 0.05) is 5.56 Å². The maximum atomic E-state index is 11.9. The first kappa shape index (κ1) is 18.0. The lowest BCUT2D eigenvalue weighted by Crippen LogP contribution is -2.10. The van der Waals surface area contributed by atoms with Gasteiger partial charge < -0.3 is 13.9 Å². The Bertz CT molecular complexity index is 860. The van der Waals surface area contributed by atoms with Crippen LogP contribution in [0.3, 0.4) is 0 Å². The fourth-order valence-electron chi connectivity index (χ4n) is 2.13. The van der Waals surface area contributed by atoms with E-state index in [9.17, 15) is 4.79 Å². The molecule has 0 radical (unpaired) electrons. The summed E-state index contributed by atoms with van der Waals surface area (Å²) in [6.07, 6.45) is 0. The standard InChI is InChI=1S/C19H18N2O4S/c1-3-23-15-8-10-16(11-9-15)24-17(22)12-26-19-21-20-18(25-19)14-6-4-13(2)5-7-14/h4-11H,3,12H2,1-2H3. The molecule has 0 amide bonds. The second-order valence-corrected chi connectivity index (χ2v) is 6.33. The van der Waals surface area contributed by atoms with Gasteiger partial charge in [-0.2, -0.15) is 0 Å². The third kappa shape index (κ3) is 4.86. The number of carbonyl (C=O) groups is 1. The predicted octanol–water partition coefficient (Wildman–Crippen LogP) is 4.14. The summed E-state index contributed by atoms with van der Waals surface area (Å²) in [6.45, 7) is 4.51. The molecule has 0 saturated heterocycles. The Morgan fingerprint density at radius 1 is 1.04 bits per heavy atom. The second kappa shape index (κ2) is 8.53. The summed E-state index contributed by atoms with van der Waals surface area (Å²) in [7, 11) is 0. The van der Waals surface area contributed by atoms with Gasteiger partial charge in [0.1, 0.15) is 17.3 Å². The molecule has 134 valence electrons. The van der Waals surface area contributed by atoms with Crippen molar-refractivity contribution >= 4 is 17.7 Å². The number of hydrogen-bond acceptors (Lipinski definition) is 7. The summed E-state index contributed by atoms with van der Waals surface area (Å²) in [5, 5.41) is 8.27. The van der Waals surface area contributed by atoms with E-state index < -0.39 is 5.97 Å². The van der Waals surface area contributed by atoms with Crippen LogP contribution in [0, 0.1) is 6.92 Å². The zero-order chi connectivity index (χ0) is 18.4. The Hall–Kier alpha value is -2.80. The highest BCUT2D eigenvalue weighted by Gasteiger charge is 2.12. The first-order valence-electron chi connectivity index (χ1n) is 8.11. The molecule has 0 unspecified atom stereocenters. The highest BCUT2D eigenvalue weighted by atomic mass is 32.2. The number of aromatic nitrogens is 2. The van der Waals surface area contributed by atoms with E-state index in [1.807, 2.05) is 38.1 Å². The number of rotatable bonds is 7. The van der Waals surface area contributed by atoms with Crippen LogP contribution in [0.5, 0.6) is 11.5 Å². The van der Waals surface area contributed by atoms with E-state index in [-0.39, 0.29) is 5.75 Å². The third-order valence-electron chi connectivity index (χ3n) is 3.38. The molecule has 0 aliphatic heterocycles. The summed E-state index contributed by atoms with van der Waals surface area (Å²) >= 11 is 1.14. The molecule has 2 aromatic carbocycles. The fraction of sp³-hybridized carbons (Fsp3) is 0.211. The molecular formula is C19H18N2O4S. The molecule has 0 aliphatic rings. The van der Waals surface area contributed by atoms with Crippen LogP contribution >= 0.6 is 11.8 Å². The Morgan fingerprint density at radius 3 is 2.42 bits per heavy atom. The molecule has 0 fully saturated rings. The molecule has 26 heavy (non-hydrogen) atoms. The average Bonchev–Trinajstić information content (AvgIpc) is 3.11. The van der Waals surface area contributed by atoms with E-state index in [0.717, 1.165) is 28.6 Å². The quantitative estimate of drug-likeness (QED) is 0.351. The molecular weight excluding hydrogens is 352 g/mol. The minimum absolute atomic E-state index is 0.0722. The number of carbonyl (C=O) groups excluding carboxylic acids is 1. The Balaban J connectivity index is 1.52. The van der Waals surface area contributed by atoms with Gasteiger partial charge in [0.15, 0.2) is 0 Å². The van der Waals surface area contributed by atoms with Gasteiger partial charge in [-0.25, -0.2) is 0 Å². The Morgan fingerprint density at radius 2 is 1.73 bits per heavy atom. The van der Waals surface area contributed by atoms with Gasteiger partial charge in [0.2, 0.25) is 5.89 Å². The number of thioether (sulfide) groups is 1. The second-order valence-electron chi connectivity index (χ2n) is 5.41. The van der Waals surface area contributed by atoms with Gasteiger partial charge in [-0.3, -0.25) is 4.79 Å². The molecule has 7 heteroatoms. The van der Waals surface area contributed by atoms with Gasteiger partial charge in [-0.15, -0.1) is 10.2 Å². The Kier molecular flexibility index (Phi) is 5.91. The molecule has 0 saturated carbocycles. The summed E-state index contributed by atoms with van der Waals surface area (Å²) in [4.78, 5) is 11.9. The van der Waals surface area contributed by atoms with E-state index in [2.05, 4.69) is 10.2 Å². The SMILES string of the molecule is CCOc1ccc(OC(=O)CSc2nnc(-c3ccc(C)cc3)o2)cc1. The lowest BCUT2D eigenvalue weighted by atomic mass is 10.1. The number of benzene rings is 2. The van der Waals surface area contributed by atoms with Crippen molar-refractivity contribution in [2.75, 3.05) is 12.4 Å². The minimum Gasteiger partial charge on any atom is -0.494 e. The highest BCUT2D eigenvalue weighted by molar-refractivity contribution is 7.99. The van der Waals surface area contributed by atoms with Crippen LogP contribution < -0.4 is 9.47 Å². The first-order valence-corrected chi connectivity index (χ1v) is 9.09. The average molecular weight is 370 g/mol. The van der Waals surface area contributed by atoms with Crippen LogP contribution in [0.15, 0.2) is 58.2 Å². The van der Waals surface area contributed by atoms with Gasteiger partial charge in [-0.1, -0.05) is 29.5 Å². The fourth-order valence-corrected chi connectivity index (χ4v) is 2.67. The number of esters is 1. The van der Waals surface area contributed by atoms with Crippen LogP contribution in [-0.2, 0) is 4.79 Å². The monoisotopic (exact) mass is 370 g/mol. The molecule has 6 nitrogen and oxygen atoms in total. The van der Waals surface area contributed by atoms with E-state index in [4.69, 9.17) is 13.9 Å². The van der Waals surface area contributed by atoms with Crippen LogP contribution in [0.25, 0.3) is 11.5 Å². The zero-order valence-electron chi connectivity index (χ0n) is 14.5. The van der Waals surface area contributed by atoms with Gasteiger partial charge in [-0.05, 0) is 50.2 Å². The van der Waals surface area contributed by atoms with E-state index >= 15 is 0 Å². The van der Waals surface area contributed by atoms with Crippen molar-refractivity contribution in [3.8, 4) is 23.0 Å². The van der Waals surface area contributed by atoms with Crippen LogP contribution in [-0.4, -0.2) is 28.5 Å². The number of nitrogens with zero attached hydrogens (tertiary/aromatic N) is 2. The predicted molar refractivity (Wildman–Crippen MR) is 98.4 cm³/mol. The molecule has 0 aliphatic carbocycles. The van der Waals surface area contributed by atoms with Crippen molar-refractivity contribution in [1.29, 1.82) is 0 Å². The molecule has 0 N–H and O–H groups in total. The zero-order valence-corrected chi connectivity index (χ0v) is 15.3. The van der Waals surface area contributed by atoms with Gasteiger partial charge in [0.25, 0.3) is 5.22 Å². The molecule has 1 aromatic heterocycles. The molecule has 0 spiro atoms. The first-order chi connectivity index (χ1) is 12.6. The number of aryl methyl sites for hydroxylation is 1. The van der Waals surface area contributed by atoms with Crippen LogP contribution in [0.4, 0.5) is 0 Å². The topological polar surface area (TPSA) is 74.5 Å². The summed E-state index contributed by atoms with van der Waals surface area (Å²) < 4.78 is 16.2. The molecule has 1 heterocycles. The molecule has 3 rings (SSSR count). The number of hydrogen-bond donors (Lipinski definition) is 0. The van der Waals surface area contributed by atoms with Crippen molar-refractivity contribution in [2.24, 2.45) is 0 Å². The smallest absolute Gasteiger partial charge is 0.321 e. The normalized spacial score (nSPS) is 10.5. The van der Waals surface area contributed by atoms with Crippen molar-refractivity contribution in [3.63, 3.8) is 0 Å². The summed E-state index contributed by atoms with van der Waals surface area (Å²) in [6, 6.07) is 14.7. The number of ether oxygens (including phenoxy) is 2. The van der Waals surface area contributed by atoms with Crippen LogP contribution in [0.1, 0.15) is 12.5 Å². The minimum atomic E-state index is -0.394. The summed E-state index contributed by atoms with van der Waals surface area (Å²) in [5.41, 5.74) is 1.99. The molecule has 0 atom stereocenters. The van der Waals surface area contributed by atoms with E-state index in [1.54, 1.807) is 24.3 Å². The van der Waals surface area contributed by atoms with Crippen molar-refractivity contribution in [3.05, 3.63) is 54.1 Å².